The van der Waals surface area contributed by atoms with Crippen LogP contribution in [0.3, 0.4) is 0 Å². The van der Waals surface area contributed by atoms with Crippen molar-refractivity contribution in [3.63, 3.8) is 0 Å². The number of nitrogens with zero attached hydrogens (tertiary/aromatic N) is 1. The summed E-state index contributed by atoms with van der Waals surface area (Å²) in [5.41, 5.74) is 0.0939. The highest BCUT2D eigenvalue weighted by molar-refractivity contribution is 5.90. The van der Waals surface area contributed by atoms with E-state index < -0.39 is 17.7 Å². The van der Waals surface area contributed by atoms with Gasteiger partial charge in [-0.15, -0.1) is 0 Å². The first-order chi connectivity index (χ1) is 16.1. The summed E-state index contributed by atoms with van der Waals surface area (Å²) in [6, 6.07) is 8.60. The lowest BCUT2D eigenvalue weighted by atomic mass is 10.0. The molecule has 7 nitrogen and oxygen atoms in total. The number of hydrogen-bond donors (Lipinski definition) is 2. The van der Waals surface area contributed by atoms with Gasteiger partial charge in [-0.05, 0) is 46.1 Å². The predicted octanol–water partition coefficient (Wildman–Crippen LogP) is 5.36. The van der Waals surface area contributed by atoms with Gasteiger partial charge in [0.25, 0.3) is 0 Å². The molecule has 0 aliphatic carbocycles. The maximum atomic E-state index is 13.4. The molecule has 34 heavy (non-hydrogen) atoms. The van der Waals surface area contributed by atoms with E-state index in [1.165, 1.54) is 0 Å². The average Bonchev–Trinajstić information content (AvgIpc) is 2.76. The first kappa shape index (κ1) is 29.5. The number of amides is 3. The highest BCUT2D eigenvalue weighted by Crippen LogP contribution is 2.23. The number of ether oxygens (including phenoxy) is 1. The zero-order valence-corrected chi connectivity index (χ0v) is 22.0. The van der Waals surface area contributed by atoms with E-state index in [1.54, 1.807) is 25.7 Å². The number of benzene rings is 1. The van der Waals surface area contributed by atoms with Crippen molar-refractivity contribution in [3.8, 4) is 0 Å². The Hall–Kier alpha value is -2.57. The molecule has 1 aromatic rings. The number of alkyl carbamates (subject to hydrolysis) is 1. The van der Waals surface area contributed by atoms with Gasteiger partial charge in [0, 0.05) is 12.6 Å². The molecule has 2 N–H and O–H groups in total. The summed E-state index contributed by atoms with van der Waals surface area (Å²) < 4.78 is 5.27. The Labute approximate surface area is 206 Å². The van der Waals surface area contributed by atoms with Crippen LogP contribution >= 0.6 is 0 Å². The molecule has 0 aromatic heterocycles. The van der Waals surface area contributed by atoms with Crippen molar-refractivity contribution in [2.24, 2.45) is 0 Å². The van der Waals surface area contributed by atoms with Crippen LogP contribution in [0.25, 0.3) is 0 Å². The lowest BCUT2D eigenvalue weighted by molar-refractivity contribution is -0.140. The largest absolute Gasteiger partial charge is 0.444 e. The summed E-state index contributed by atoms with van der Waals surface area (Å²) in [6.45, 7) is 11.7. The normalized spacial score (nSPS) is 13.0. The zero-order valence-electron chi connectivity index (χ0n) is 22.0. The van der Waals surface area contributed by atoms with E-state index in [-0.39, 0.29) is 24.4 Å². The molecule has 0 saturated heterocycles. The van der Waals surface area contributed by atoms with Crippen LogP contribution in [0.4, 0.5) is 4.79 Å². The van der Waals surface area contributed by atoms with Crippen molar-refractivity contribution in [3.05, 3.63) is 35.9 Å². The van der Waals surface area contributed by atoms with Gasteiger partial charge in [-0.25, -0.2) is 4.79 Å². The van der Waals surface area contributed by atoms with E-state index >= 15 is 0 Å². The zero-order chi connectivity index (χ0) is 25.6. The second-order valence-electron chi connectivity index (χ2n) is 9.87. The van der Waals surface area contributed by atoms with Gasteiger partial charge in [0.15, 0.2) is 0 Å². The Morgan fingerprint density at radius 2 is 1.62 bits per heavy atom. The highest BCUT2D eigenvalue weighted by atomic mass is 16.6. The Bertz CT molecular complexity index is 746. The van der Waals surface area contributed by atoms with Crippen LogP contribution in [0.15, 0.2) is 30.3 Å². The van der Waals surface area contributed by atoms with Crippen molar-refractivity contribution in [2.75, 3.05) is 13.1 Å². The summed E-state index contributed by atoms with van der Waals surface area (Å²) in [5.74, 6) is -0.514. The van der Waals surface area contributed by atoms with Gasteiger partial charge in [0.1, 0.15) is 18.2 Å². The van der Waals surface area contributed by atoms with Gasteiger partial charge in [-0.3, -0.25) is 9.59 Å². The average molecular weight is 476 g/mol. The number of unbranched alkanes of at least 4 members (excludes halogenated alkanes) is 4. The van der Waals surface area contributed by atoms with Crippen LogP contribution in [0.1, 0.15) is 98.1 Å². The van der Waals surface area contributed by atoms with Crippen molar-refractivity contribution in [1.82, 2.24) is 15.5 Å². The molecule has 0 heterocycles. The topological polar surface area (TPSA) is 87.7 Å². The molecule has 2 unspecified atom stereocenters. The molecule has 1 rings (SSSR count). The first-order valence-corrected chi connectivity index (χ1v) is 12.7. The van der Waals surface area contributed by atoms with Crippen LogP contribution < -0.4 is 10.6 Å². The molecule has 0 spiro atoms. The number of carbonyl (C=O) groups is 3. The molecule has 192 valence electrons. The molecule has 7 heteroatoms. The minimum absolute atomic E-state index is 0.00473. The van der Waals surface area contributed by atoms with Gasteiger partial charge >= 0.3 is 6.09 Å². The maximum absolute atomic E-state index is 13.4. The van der Waals surface area contributed by atoms with E-state index in [1.807, 2.05) is 37.3 Å². The minimum Gasteiger partial charge on any atom is -0.444 e. The Morgan fingerprint density at radius 3 is 2.21 bits per heavy atom. The lowest BCUT2D eigenvalue weighted by Crippen LogP contribution is -2.49. The standard InChI is InChI=1S/C27H45N3O4/c1-7-9-10-11-15-19-30(23(31)20-28-26(33)34-27(4,5)6)24(22-17-13-12-14-18-22)25(32)29-21(3)16-8-2/h12-14,17-18,21,24H,7-11,15-16,19-20H2,1-6H3,(H,28,33)(H,29,32). The fourth-order valence-electron chi connectivity index (χ4n) is 3.78. The molecule has 2 atom stereocenters. The van der Waals surface area contributed by atoms with Crippen molar-refractivity contribution in [2.45, 2.75) is 104 Å². The van der Waals surface area contributed by atoms with Crippen LogP contribution in [-0.2, 0) is 14.3 Å². The summed E-state index contributed by atoms with van der Waals surface area (Å²) in [7, 11) is 0. The van der Waals surface area contributed by atoms with Crippen molar-refractivity contribution in [1.29, 1.82) is 0 Å². The summed E-state index contributed by atoms with van der Waals surface area (Å²) in [4.78, 5) is 40.5. The van der Waals surface area contributed by atoms with Crippen LogP contribution in [0, 0.1) is 0 Å². The summed E-state index contributed by atoms with van der Waals surface area (Å²) in [5, 5.41) is 5.63. The van der Waals surface area contributed by atoms with E-state index in [0.717, 1.165) is 50.5 Å². The monoisotopic (exact) mass is 475 g/mol. The molecule has 0 radical (unpaired) electrons. The Morgan fingerprint density at radius 1 is 0.971 bits per heavy atom. The maximum Gasteiger partial charge on any atom is 0.408 e. The van der Waals surface area contributed by atoms with E-state index in [0.29, 0.717) is 6.54 Å². The fraction of sp³-hybridized carbons (Fsp3) is 0.667. The van der Waals surface area contributed by atoms with E-state index in [2.05, 4.69) is 24.5 Å². The quantitative estimate of drug-likeness (QED) is 0.355. The van der Waals surface area contributed by atoms with Crippen LogP contribution in [0.5, 0.6) is 0 Å². The van der Waals surface area contributed by atoms with Crippen LogP contribution in [0.2, 0.25) is 0 Å². The number of rotatable bonds is 14. The van der Waals surface area contributed by atoms with Gasteiger partial charge in [-0.2, -0.15) is 0 Å². The summed E-state index contributed by atoms with van der Waals surface area (Å²) in [6.07, 6.45) is 6.30. The van der Waals surface area contributed by atoms with Crippen molar-refractivity contribution < 1.29 is 19.1 Å². The van der Waals surface area contributed by atoms with Gasteiger partial charge < -0.3 is 20.3 Å². The summed E-state index contributed by atoms with van der Waals surface area (Å²) >= 11 is 0. The molecule has 0 saturated carbocycles. The molecule has 0 fully saturated rings. The van der Waals surface area contributed by atoms with Gasteiger partial charge in [0.2, 0.25) is 11.8 Å². The molecule has 1 aromatic carbocycles. The fourth-order valence-corrected chi connectivity index (χ4v) is 3.78. The second-order valence-corrected chi connectivity index (χ2v) is 9.87. The third-order valence-corrected chi connectivity index (χ3v) is 5.39. The SMILES string of the molecule is CCCCCCCN(C(=O)CNC(=O)OC(C)(C)C)C(C(=O)NC(C)CCC)c1ccccc1. The van der Waals surface area contributed by atoms with E-state index in [9.17, 15) is 14.4 Å². The van der Waals surface area contributed by atoms with Crippen LogP contribution in [-0.4, -0.2) is 47.5 Å². The smallest absolute Gasteiger partial charge is 0.408 e. The van der Waals surface area contributed by atoms with Gasteiger partial charge in [-0.1, -0.05) is 76.3 Å². The number of hydrogen-bond acceptors (Lipinski definition) is 4. The molecule has 0 aliphatic heterocycles. The Balaban J connectivity index is 3.10. The lowest BCUT2D eigenvalue weighted by Gasteiger charge is -2.32. The molecule has 3 amide bonds. The second kappa shape index (κ2) is 15.4. The third-order valence-electron chi connectivity index (χ3n) is 5.39. The Kier molecular flexibility index (Phi) is 13.3. The molecular weight excluding hydrogens is 430 g/mol. The van der Waals surface area contributed by atoms with Crippen molar-refractivity contribution >= 4 is 17.9 Å². The number of nitrogens with one attached hydrogen (secondary N) is 2. The van der Waals surface area contributed by atoms with E-state index in [4.69, 9.17) is 4.74 Å². The van der Waals surface area contributed by atoms with Gasteiger partial charge in [0.05, 0.1) is 0 Å². The third kappa shape index (κ3) is 11.5. The number of carbonyl (C=O) groups excluding carboxylic acids is 3. The highest BCUT2D eigenvalue weighted by Gasteiger charge is 2.32. The molecule has 0 aliphatic rings. The molecule has 0 bridgehead atoms. The first-order valence-electron chi connectivity index (χ1n) is 12.7. The minimum atomic E-state index is -0.764. The predicted molar refractivity (Wildman–Crippen MR) is 136 cm³/mol. The molecular formula is C27H45N3O4.